The van der Waals surface area contributed by atoms with E-state index in [2.05, 4.69) is 6.92 Å². The molecule has 0 fully saturated rings. The van der Waals surface area contributed by atoms with E-state index in [1.165, 1.54) is 6.42 Å². The second kappa shape index (κ2) is 17.9. The van der Waals surface area contributed by atoms with E-state index in [0.717, 1.165) is 32.1 Å². The molecule has 4 heteroatoms. The van der Waals surface area contributed by atoms with Crippen LogP contribution in [-0.4, -0.2) is 25.2 Å². The van der Waals surface area contributed by atoms with Crippen molar-refractivity contribution in [3.63, 3.8) is 0 Å². The zero-order chi connectivity index (χ0) is 15.6. The first-order chi connectivity index (χ1) is 9.62. The monoisotopic (exact) mass is 288 g/mol. The molecular weight excluding hydrogens is 256 g/mol. The Bertz CT molecular complexity index is 227. The molecule has 0 aromatic heterocycles. The van der Waals surface area contributed by atoms with Crippen LogP contribution in [0, 0.1) is 0 Å². The van der Waals surface area contributed by atoms with Crippen molar-refractivity contribution >= 4 is 11.9 Å². The molecule has 0 aliphatic heterocycles. The summed E-state index contributed by atoms with van der Waals surface area (Å²) in [5.41, 5.74) is 0. The van der Waals surface area contributed by atoms with Gasteiger partial charge in [-0.3, -0.25) is 9.59 Å². The quantitative estimate of drug-likeness (QED) is 0.445. The van der Waals surface area contributed by atoms with Gasteiger partial charge in [0.1, 0.15) is 0 Å². The number of carbonyl (C=O) groups is 2. The Hall–Kier alpha value is -1.06. The largest absolute Gasteiger partial charge is 0.466 e. The number of unbranched alkanes of at least 4 members (excludes halogenated alkanes) is 2. The van der Waals surface area contributed by atoms with Crippen LogP contribution in [0.25, 0.3) is 0 Å². The zero-order valence-electron chi connectivity index (χ0n) is 13.7. The van der Waals surface area contributed by atoms with E-state index in [9.17, 15) is 9.59 Å². The molecule has 4 nitrogen and oxygen atoms in total. The molecular formula is C16H32O4. The summed E-state index contributed by atoms with van der Waals surface area (Å²) < 4.78 is 9.74. The van der Waals surface area contributed by atoms with E-state index in [-0.39, 0.29) is 11.9 Å². The first-order valence-corrected chi connectivity index (χ1v) is 7.93. The summed E-state index contributed by atoms with van der Waals surface area (Å²) in [4.78, 5) is 21.4. The maximum atomic E-state index is 10.8. The van der Waals surface area contributed by atoms with Gasteiger partial charge in [-0.25, -0.2) is 0 Å². The SMILES string of the molecule is CCCCCOC(=O)CCC.CCCOC(=O)CCC. The Kier molecular flexibility index (Phi) is 19.1. The Balaban J connectivity index is 0. The van der Waals surface area contributed by atoms with Crippen LogP contribution in [0.4, 0.5) is 0 Å². The molecule has 0 unspecified atom stereocenters. The smallest absolute Gasteiger partial charge is 0.305 e. The predicted octanol–water partition coefficient (Wildman–Crippen LogP) is 4.26. The highest BCUT2D eigenvalue weighted by atomic mass is 16.5. The first-order valence-electron chi connectivity index (χ1n) is 7.93. The number of rotatable bonds is 10. The third-order valence-corrected chi connectivity index (χ3v) is 2.39. The number of esters is 2. The maximum absolute atomic E-state index is 10.8. The minimum atomic E-state index is -0.0700. The second-order valence-electron chi connectivity index (χ2n) is 4.65. The summed E-state index contributed by atoms with van der Waals surface area (Å²) in [5.74, 6) is -0.122. The first kappa shape index (κ1) is 21.2. The third-order valence-electron chi connectivity index (χ3n) is 2.39. The van der Waals surface area contributed by atoms with Gasteiger partial charge in [-0.05, 0) is 25.7 Å². The van der Waals surface area contributed by atoms with Crippen molar-refractivity contribution in [3.8, 4) is 0 Å². The van der Waals surface area contributed by atoms with Crippen molar-refractivity contribution in [1.82, 2.24) is 0 Å². The van der Waals surface area contributed by atoms with Crippen LogP contribution in [-0.2, 0) is 19.1 Å². The van der Waals surface area contributed by atoms with Gasteiger partial charge >= 0.3 is 11.9 Å². The van der Waals surface area contributed by atoms with Crippen molar-refractivity contribution in [3.05, 3.63) is 0 Å². The lowest BCUT2D eigenvalue weighted by Crippen LogP contribution is -2.04. The minimum absolute atomic E-state index is 0.0522. The van der Waals surface area contributed by atoms with Gasteiger partial charge in [-0.2, -0.15) is 0 Å². The molecule has 20 heavy (non-hydrogen) atoms. The average Bonchev–Trinajstić information content (AvgIpc) is 2.43. The molecule has 0 bridgehead atoms. The fourth-order valence-corrected chi connectivity index (χ4v) is 1.31. The molecule has 0 N–H and O–H groups in total. The normalized spacial score (nSPS) is 9.40. The van der Waals surface area contributed by atoms with Crippen LogP contribution in [0.3, 0.4) is 0 Å². The fraction of sp³-hybridized carbons (Fsp3) is 0.875. The molecule has 120 valence electrons. The summed E-state index contributed by atoms with van der Waals surface area (Å²) in [6, 6.07) is 0. The molecule has 0 radical (unpaired) electrons. The van der Waals surface area contributed by atoms with Gasteiger partial charge in [0.25, 0.3) is 0 Å². The van der Waals surface area contributed by atoms with Crippen molar-refractivity contribution in [1.29, 1.82) is 0 Å². The highest BCUT2D eigenvalue weighted by Crippen LogP contribution is 1.97. The van der Waals surface area contributed by atoms with Crippen molar-refractivity contribution in [2.75, 3.05) is 13.2 Å². The van der Waals surface area contributed by atoms with Gasteiger partial charge in [0.05, 0.1) is 13.2 Å². The van der Waals surface area contributed by atoms with Gasteiger partial charge in [0, 0.05) is 12.8 Å². The molecule has 0 amide bonds. The van der Waals surface area contributed by atoms with E-state index in [1.807, 2.05) is 20.8 Å². The molecule has 0 aromatic rings. The molecule has 0 atom stereocenters. The lowest BCUT2D eigenvalue weighted by atomic mass is 10.3. The zero-order valence-corrected chi connectivity index (χ0v) is 13.7. The third kappa shape index (κ3) is 19.3. The highest BCUT2D eigenvalue weighted by Gasteiger charge is 1.98. The van der Waals surface area contributed by atoms with E-state index in [0.29, 0.717) is 26.1 Å². The number of hydrogen-bond acceptors (Lipinski definition) is 4. The van der Waals surface area contributed by atoms with Gasteiger partial charge in [0.2, 0.25) is 0 Å². The van der Waals surface area contributed by atoms with Gasteiger partial charge in [-0.15, -0.1) is 0 Å². The molecule has 0 aliphatic rings. The van der Waals surface area contributed by atoms with Crippen molar-refractivity contribution < 1.29 is 19.1 Å². The van der Waals surface area contributed by atoms with Crippen LogP contribution >= 0.6 is 0 Å². The number of hydrogen-bond donors (Lipinski definition) is 0. The summed E-state index contributed by atoms with van der Waals surface area (Å²) in [6.07, 6.45) is 7.12. The lowest BCUT2D eigenvalue weighted by molar-refractivity contribution is -0.144. The molecule has 0 saturated heterocycles. The maximum Gasteiger partial charge on any atom is 0.305 e. The van der Waals surface area contributed by atoms with Crippen LogP contribution in [0.5, 0.6) is 0 Å². The van der Waals surface area contributed by atoms with Crippen molar-refractivity contribution in [2.24, 2.45) is 0 Å². The van der Waals surface area contributed by atoms with Gasteiger partial charge in [0.15, 0.2) is 0 Å². The van der Waals surface area contributed by atoms with E-state index in [4.69, 9.17) is 9.47 Å². The average molecular weight is 288 g/mol. The van der Waals surface area contributed by atoms with Crippen LogP contribution in [0.2, 0.25) is 0 Å². The van der Waals surface area contributed by atoms with Crippen LogP contribution in [0.15, 0.2) is 0 Å². The number of ether oxygens (including phenoxy) is 2. The molecule has 0 saturated carbocycles. The van der Waals surface area contributed by atoms with Gasteiger partial charge in [-0.1, -0.05) is 40.5 Å². The molecule has 0 aromatic carbocycles. The molecule has 0 heterocycles. The fourth-order valence-electron chi connectivity index (χ4n) is 1.31. The highest BCUT2D eigenvalue weighted by molar-refractivity contribution is 5.69. The predicted molar refractivity (Wildman–Crippen MR) is 81.6 cm³/mol. The molecule has 0 spiro atoms. The Morgan fingerprint density at radius 3 is 1.55 bits per heavy atom. The lowest BCUT2D eigenvalue weighted by Gasteiger charge is -2.01. The van der Waals surface area contributed by atoms with E-state index in [1.54, 1.807) is 0 Å². The van der Waals surface area contributed by atoms with E-state index < -0.39 is 0 Å². The molecule has 0 rings (SSSR count). The summed E-state index contributed by atoms with van der Waals surface area (Å²) in [5, 5.41) is 0. The Labute approximate surface area is 124 Å². The Morgan fingerprint density at radius 1 is 0.650 bits per heavy atom. The second-order valence-corrected chi connectivity index (χ2v) is 4.65. The standard InChI is InChI=1S/C9H18O2.C7H14O2/c1-3-5-6-8-11-9(10)7-4-2;1-3-5-7(8)9-6-4-2/h3-8H2,1-2H3;3-6H2,1-2H3. The van der Waals surface area contributed by atoms with E-state index >= 15 is 0 Å². The summed E-state index contributed by atoms with van der Waals surface area (Å²) >= 11 is 0. The van der Waals surface area contributed by atoms with Crippen LogP contribution in [0.1, 0.15) is 79.1 Å². The summed E-state index contributed by atoms with van der Waals surface area (Å²) in [6.45, 7) is 9.24. The summed E-state index contributed by atoms with van der Waals surface area (Å²) in [7, 11) is 0. The van der Waals surface area contributed by atoms with Gasteiger partial charge < -0.3 is 9.47 Å². The minimum Gasteiger partial charge on any atom is -0.466 e. The topological polar surface area (TPSA) is 52.6 Å². The van der Waals surface area contributed by atoms with Crippen molar-refractivity contribution in [2.45, 2.75) is 79.1 Å². The Morgan fingerprint density at radius 2 is 1.15 bits per heavy atom. The number of carbonyl (C=O) groups excluding carboxylic acids is 2. The molecule has 0 aliphatic carbocycles. The van der Waals surface area contributed by atoms with Crippen LogP contribution < -0.4 is 0 Å².